The number of hydrogen-bond donors (Lipinski definition) is 0. The fraction of sp³-hybridized carbons (Fsp3) is 0.250. The summed E-state index contributed by atoms with van der Waals surface area (Å²) < 4.78 is 37.0. The molecule has 0 amide bonds. The first-order chi connectivity index (χ1) is 12.3. The number of benzene rings is 2. The summed E-state index contributed by atoms with van der Waals surface area (Å²) in [5, 5.41) is 1.06. The molecule has 0 saturated carbocycles. The zero-order valence-electron chi connectivity index (χ0n) is 14.2. The highest BCUT2D eigenvalue weighted by Gasteiger charge is 2.42. The highest BCUT2D eigenvalue weighted by atomic mass is 19.4. The summed E-state index contributed by atoms with van der Waals surface area (Å²) in [5.41, 5.74) is 5.20. The Morgan fingerprint density at radius 3 is 2.65 bits per heavy atom. The molecule has 26 heavy (non-hydrogen) atoms. The number of hydroxylamine groups is 2. The summed E-state index contributed by atoms with van der Waals surface area (Å²) in [6, 6.07) is 13.8. The summed E-state index contributed by atoms with van der Waals surface area (Å²) in [4.78, 5) is 15.4. The van der Waals surface area contributed by atoms with E-state index in [0.717, 1.165) is 27.3 Å². The molecule has 2 aromatic rings. The molecule has 3 nitrogen and oxygen atoms in total. The minimum Gasteiger partial charge on any atom is -0.360 e. The van der Waals surface area contributed by atoms with Crippen LogP contribution in [0.5, 0.6) is 0 Å². The van der Waals surface area contributed by atoms with E-state index < -0.39 is 12.1 Å². The molecule has 1 aliphatic heterocycles. The van der Waals surface area contributed by atoms with Crippen LogP contribution in [0.25, 0.3) is 12.2 Å². The van der Waals surface area contributed by atoms with Crippen LogP contribution in [-0.4, -0.2) is 23.8 Å². The van der Waals surface area contributed by atoms with Crippen molar-refractivity contribution in [3.63, 3.8) is 0 Å². The van der Waals surface area contributed by atoms with Crippen molar-refractivity contribution >= 4 is 18.1 Å². The fourth-order valence-electron chi connectivity index (χ4n) is 2.98. The van der Waals surface area contributed by atoms with Crippen molar-refractivity contribution in [2.75, 3.05) is 6.54 Å². The molecule has 0 spiro atoms. The van der Waals surface area contributed by atoms with E-state index in [1.807, 2.05) is 55.5 Å². The number of aryl methyl sites for hydroxylation is 1. The van der Waals surface area contributed by atoms with Gasteiger partial charge in [0, 0.05) is 6.54 Å². The molecule has 1 heterocycles. The molecular weight excluding hydrogens is 343 g/mol. The number of alkyl halides is 3. The summed E-state index contributed by atoms with van der Waals surface area (Å²) in [5.74, 6) is -2.18. The van der Waals surface area contributed by atoms with Crippen LogP contribution in [0.1, 0.15) is 27.8 Å². The lowest BCUT2D eigenvalue weighted by Crippen LogP contribution is -2.38. The number of rotatable bonds is 3. The van der Waals surface area contributed by atoms with Gasteiger partial charge in [0.05, 0.1) is 6.54 Å². The van der Waals surface area contributed by atoms with Gasteiger partial charge in [-0.05, 0) is 35.6 Å². The van der Waals surface area contributed by atoms with Gasteiger partial charge in [-0.3, -0.25) is 0 Å². The zero-order valence-corrected chi connectivity index (χ0v) is 14.2. The van der Waals surface area contributed by atoms with E-state index >= 15 is 0 Å². The second-order valence-electron chi connectivity index (χ2n) is 6.22. The monoisotopic (exact) mass is 361 g/mol. The first-order valence-electron chi connectivity index (χ1n) is 8.22. The Labute approximate surface area is 149 Å². The third kappa shape index (κ3) is 4.32. The minimum absolute atomic E-state index is 0.142. The number of carbonyl (C=O) groups excluding carboxylic acids is 1. The molecular formula is C20H18F3NO2. The van der Waals surface area contributed by atoms with E-state index in [1.54, 1.807) is 0 Å². The third-order valence-corrected chi connectivity index (χ3v) is 4.21. The Morgan fingerprint density at radius 1 is 1.15 bits per heavy atom. The Bertz CT molecular complexity index is 843. The van der Waals surface area contributed by atoms with Gasteiger partial charge in [0.1, 0.15) is 0 Å². The van der Waals surface area contributed by atoms with Crippen LogP contribution >= 0.6 is 0 Å². The molecule has 0 bridgehead atoms. The standard InChI is InChI=1S/C20H18F3NO2/c1-14-4-2-5-15(12-14)8-9-16-6-3-7-17-13-24(11-10-18(16)17)26-19(25)20(21,22)23/h2-9,12H,10-11,13H2,1H3/b9-8+. The van der Waals surface area contributed by atoms with Crippen molar-refractivity contribution in [2.45, 2.75) is 26.1 Å². The average molecular weight is 361 g/mol. The lowest BCUT2D eigenvalue weighted by molar-refractivity contribution is -0.241. The van der Waals surface area contributed by atoms with Gasteiger partial charge >= 0.3 is 12.1 Å². The second-order valence-corrected chi connectivity index (χ2v) is 6.22. The van der Waals surface area contributed by atoms with E-state index in [-0.39, 0.29) is 13.1 Å². The maximum Gasteiger partial charge on any atom is 0.492 e. The molecule has 0 fully saturated rings. The van der Waals surface area contributed by atoms with E-state index in [2.05, 4.69) is 10.9 Å². The first kappa shape index (κ1) is 18.2. The number of carbonyl (C=O) groups is 1. The Kier molecular flexibility index (Phi) is 5.13. The van der Waals surface area contributed by atoms with E-state index in [4.69, 9.17) is 0 Å². The van der Waals surface area contributed by atoms with E-state index in [0.29, 0.717) is 6.42 Å². The SMILES string of the molecule is Cc1cccc(/C=C/c2cccc3c2CCN(OC(=O)C(F)(F)F)C3)c1. The molecule has 0 aromatic heterocycles. The van der Waals surface area contributed by atoms with Crippen LogP contribution in [0.2, 0.25) is 0 Å². The Hall–Kier alpha value is -2.60. The molecule has 0 radical (unpaired) electrons. The van der Waals surface area contributed by atoms with Crippen LogP contribution < -0.4 is 0 Å². The van der Waals surface area contributed by atoms with Crippen molar-refractivity contribution in [1.82, 2.24) is 5.06 Å². The molecule has 0 unspecified atom stereocenters. The maximum absolute atomic E-state index is 12.3. The molecule has 0 aliphatic carbocycles. The van der Waals surface area contributed by atoms with Gasteiger partial charge in [0.25, 0.3) is 0 Å². The predicted molar refractivity (Wildman–Crippen MR) is 92.8 cm³/mol. The highest BCUT2D eigenvalue weighted by molar-refractivity contribution is 5.75. The largest absolute Gasteiger partial charge is 0.492 e. The normalized spacial score (nSPS) is 15.1. The van der Waals surface area contributed by atoms with Gasteiger partial charge in [-0.1, -0.05) is 60.2 Å². The summed E-state index contributed by atoms with van der Waals surface area (Å²) in [7, 11) is 0. The van der Waals surface area contributed by atoms with Gasteiger partial charge < -0.3 is 4.84 Å². The van der Waals surface area contributed by atoms with E-state index in [9.17, 15) is 18.0 Å². The van der Waals surface area contributed by atoms with Gasteiger partial charge in [0.15, 0.2) is 0 Å². The number of fused-ring (bicyclic) bond motifs is 1. The van der Waals surface area contributed by atoms with Crippen molar-refractivity contribution in [3.05, 3.63) is 70.3 Å². The molecule has 1 aliphatic rings. The summed E-state index contributed by atoms with van der Waals surface area (Å²) in [6.07, 6.45) is -0.461. The molecule has 0 atom stereocenters. The number of nitrogens with zero attached hydrogens (tertiary/aromatic N) is 1. The molecule has 136 valence electrons. The quantitative estimate of drug-likeness (QED) is 0.752. The smallest absolute Gasteiger partial charge is 0.360 e. The first-order valence-corrected chi connectivity index (χ1v) is 8.22. The minimum atomic E-state index is -4.99. The average Bonchev–Trinajstić information content (AvgIpc) is 2.59. The maximum atomic E-state index is 12.3. The van der Waals surface area contributed by atoms with Crippen molar-refractivity contribution in [2.24, 2.45) is 0 Å². The van der Waals surface area contributed by atoms with Gasteiger partial charge in [0.2, 0.25) is 0 Å². The van der Waals surface area contributed by atoms with Gasteiger partial charge in [-0.15, -0.1) is 5.06 Å². The highest BCUT2D eigenvalue weighted by Crippen LogP contribution is 2.26. The Balaban J connectivity index is 1.75. The van der Waals surface area contributed by atoms with Crippen molar-refractivity contribution < 1.29 is 22.8 Å². The summed E-state index contributed by atoms with van der Waals surface area (Å²) in [6.45, 7) is 2.39. The van der Waals surface area contributed by atoms with Crippen molar-refractivity contribution in [1.29, 1.82) is 0 Å². The van der Waals surface area contributed by atoms with Crippen LogP contribution in [0, 0.1) is 6.92 Å². The number of hydrogen-bond acceptors (Lipinski definition) is 3. The summed E-state index contributed by atoms with van der Waals surface area (Å²) >= 11 is 0. The lowest BCUT2D eigenvalue weighted by atomic mass is 9.94. The fourth-order valence-corrected chi connectivity index (χ4v) is 2.98. The van der Waals surface area contributed by atoms with Crippen LogP contribution in [0.3, 0.4) is 0 Å². The molecule has 0 saturated heterocycles. The van der Waals surface area contributed by atoms with Gasteiger partial charge in [-0.25, -0.2) is 4.79 Å². The molecule has 2 aromatic carbocycles. The van der Waals surface area contributed by atoms with Gasteiger partial charge in [-0.2, -0.15) is 13.2 Å². The molecule has 6 heteroatoms. The zero-order chi connectivity index (χ0) is 18.7. The third-order valence-electron chi connectivity index (χ3n) is 4.21. The molecule has 3 rings (SSSR count). The van der Waals surface area contributed by atoms with E-state index in [1.165, 1.54) is 5.56 Å². The topological polar surface area (TPSA) is 29.5 Å². The number of halogens is 3. The molecule has 0 N–H and O–H groups in total. The van der Waals surface area contributed by atoms with Crippen LogP contribution in [0.15, 0.2) is 42.5 Å². The second kappa shape index (κ2) is 7.33. The van der Waals surface area contributed by atoms with Crippen LogP contribution in [-0.2, 0) is 22.6 Å². The predicted octanol–water partition coefficient (Wildman–Crippen LogP) is 4.54. The Morgan fingerprint density at radius 2 is 1.92 bits per heavy atom. The van der Waals surface area contributed by atoms with Crippen molar-refractivity contribution in [3.8, 4) is 0 Å². The lowest BCUT2D eigenvalue weighted by Gasteiger charge is -2.28. The van der Waals surface area contributed by atoms with Crippen LogP contribution in [0.4, 0.5) is 13.2 Å².